The van der Waals surface area contributed by atoms with Gasteiger partial charge in [0.05, 0.1) is 24.7 Å². The second kappa shape index (κ2) is 8.87. The highest BCUT2D eigenvalue weighted by atomic mass is 35.5. The number of nitrogens with one attached hydrogen (secondary N) is 1. The fourth-order valence-electron chi connectivity index (χ4n) is 4.61. The summed E-state index contributed by atoms with van der Waals surface area (Å²) in [5.41, 5.74) is 2.49. The monoisotopic (exact) mass is 496 g/mol. The summed E-state index contributed by atoms with van der Waals surface area (Å²) in [4.78, 5) is 11.5. The first-order valence-electron chi connectivity index (χ1n) is 11.1. The summed E-state index contributed by atoms with van der Waals surface area (Å²) in [6.45, 7) is 2.08. The molecule has 1 aliphatic heterocycles. The molecule has 0 radical (unpaired) electrons. The van der Waals surface area contributed by atoms with E-state index in [4.69, 9.17) is 16.3 Å². The molecule has 3 N–H and O–H groups in total. The number of fused-ring (bicyclic) bond motifs is 2. The molecule has 3 aromatic rings. The van der Waals surface area contributed by atoms with E-state index < -0.39 is 11.8 Å². The predicted octanol–water partition coefficient (Wildman–Crippen LogP) is 3.72. The molecule has 0 saturated carbocycles. The number of aromatic nitrogens is 1. The van der Waals surface area contributed by atoms with E-state index >= 15 is 4.39 Å². The fraction of sp³-hybridized carbons (Fsp3) is 0.231. The lowest BCUT2D eigenvalue weighted by atomic mass is 9.93. The molecule has 0 amide bonds. The van der Waals surface area contributed by atoms with Crippen molar-refractivity contribution in [2.75, 3.05) is 13.7 Å². The van der Waals surface area contributed by atoms with Crippen LogP contribution in [0.15, 0.2) is 59.8 Å². The smallest absolute Gasteiger partial charge is 0.450 e. The number of amidine groups is 1. The molecule has 2 aromatic carbocycles. The summed E-state index contributed by atoms with van der Waals surface area (Å²) in [6.07, 6.45) is 5.55. The maximum absolute atomic E-state index is 15.2. The minimum Gasteiger partial charge on any atom is -0.478 e. The Morgan fingerprint density at radius 1 is 1.26 bits per heavy atom. The van der Waals surface area contributed by atoms with Gasteiger partial charge >= 0.3 is 12.0 Å². The van der Waals surface area contributed by atoms with Crippen molar-refractivity contribution in [1.82, 2.24) is 9.88 Å². The molecular weight excluding hydrogens is 473 g/mol. The number of aryl methyl sites for hydroxylation is 1. The zero-order valence-corrected chi connectivity index (χ0v) is 19.9. The van der Waals surface area contributed by atoms with Gasteiger partial charge < -0.3 is 19.5 Å². The van der Waals surface area contributed by atoms with Crippen LogP contribution >= 0.6 is 11.6 Å². The zero-order chi connectivity index (χ0) is 24.9. The Bertz CT molecular complexity index is 1460. The highest BCUT2D eigenvalue weighted by molar-refractivity contribution is 6.37. The van der Waals surface area contributed by atoms with Crippen LogP contribution in [0.2, 0.25) is 0 Å². The molecule has 0 spiro atoms. The molecule has 2 aliphatic rings. The van der Waals surface area contributed by atoms with E-state index in [2.05, 4.69) is 5.32 Å². The molecule has 9 heteroatoms. The van der Waals surface area contributed by atoms with Crippen molar-refractivity contribution < 1.29 is 28.7 Å². The van der Waals surface area contributed by atoms with Crippen molar-refractivity contribution in [3.05, 3.63) is 82.3 Å². The van der Waals surface area contributed by atoms with Gasteiger partial charge in [0.2, 0.25) is 0 Å². The van der Waals surface area contributed by atoms with Crippen LogP contribution in [0.1, 0.15) is 21.5 Å². The third-order valence-corrected chi connectivity index (χ3v) is 6.82. The van der Waals surface area contributed by atoms with E-state index in [1.165, 1.54) is 12.1 Å². The van der Waals surface area contributed by atoms with E-state index in [1.807, 2.05) is 36.0 Å². The van der Waals surface area contributed by atoms with Crippen LogP contribution < -0.4 is 10.1 Å². The molecule has 35 heavy (non-hydrogen) atoms. The first-order valence-corrected chi connectivity index (χ1v) is 11.5. The van der Waals surface area contributed by atoms with E-state index in [1.54, 1.807) is 29.7 Å². The summed E-state index contributed by atoms with van der Waals surface area (Å²) in [5, 5.41) is 23.2. The van der Waals surface area contributed by atoms with Crippen LogP contribution in [-0.2, 0) is 6.54 Å². The highest BCUT2D eigenvalue weighted by Gasteiger charge is 2.41. The molecule has 1 aromatic heterocycles. The number of nitrogens with zero attached hydrogens (tertiary/aromatic N) is 2. The molecule has 0 fully saturated rings. The van der Waals surface area contributed by atoms with Crippen molar-refractivity contribution in [2.24, 2.45) is 0 Å². The Balaban J connectivity index is 1.44. The van der Waals surface area contributed by atoms with Gasteiger partial charge in [-0.25, -0.2) is 19.1 Å². The van der Waals surface area contributed by atoms with Crippen molar-refractivity contribution in [2.45, 2.75) is 25.6 Å². The van der Waals surface area contributed by atoms with E-state index in [-0.39, 0.29) is 24.3 Å². The van der Waals surface area contributed by atoms with E-state index in [0.717, 1.165) is 5.39 Å². The van der Waals surface area contributed by atoms with Crippen LogP contribution in [0.3, 0.4) is 0 Å². The molecule has 2 atom stereocenters. The molecule has 0 saturated heterocycles. The molecule has 5 rings (SSSR count). The van der Waals surface area contributed by atoms with Crippen LogP contribution in [0.4, 0.5) is 4.39 Å². The lowest BCUT2D eigenvalue weighted by molar-refractivity contribution is -0.523. The number of benzene rings is 2. The average molecular weight is 497 g/mol. The maximum atomic E-state index is 15.2. The lowest BCUT2D eigenvalue weighted by Gasteiger charge is -2.19. The molecule has 2 heterocycles. The zero-order valence-electron chi connectivity index (χ0n) is 19.1. The first kappa shape index (κ1) is 23.1. The van der Waals surface area contributed by atoms with Crippen molar-refractivity contribution >= 4 is 40.1 Å². The van der Waals surface area contributed by atoms with Gasteiger partial charge in [-0.2, -0.15) is 0 Å². The first-order chi connectivity index (χ1) is 16.8. The van der Waals surface area contributed by atoms with Crippen LogP contribution in [0.25, 0.3) is 16.5 Å². The summed E-state index contributed by atoms with van der Waals surface area (Å²) < 4.78 is 24.8. The normalized spacial score (nSPS) is 19.3. The summed E-state index contributed by atoms with van der Waals surface area (Å²) in [5.74, 6) is -1.03. The average Bonchev–Trinajstić information content (AvgIpc) is 3.34. The number of hydrogen-bond acceptors (Lipinski definition) is 4. The third-order valence-electron chi connectivity index (χ3n) is 6.49. The molecule has 7 nitrogen and oxygen atoms in total. The Hall–Kier alpha value is -3.62. The number of halogens is 2. The number of allylic oxidation sites excluding steroid dienone is 2. The number of carboxylic acids is 1. The Morgan fingerprint density at radius 3 is 2.80 bits per heavy atom. The Morgan fingerprint density at radius 2 is 2.06 bits per heavy atom. The number of likely N-dealkylation sites (N-methyl/N-ethyl adjacent to an activating group) is 1. The summed E-state index contributed by atoms with van der Waals surface area (Å²) in [6, 6.07) is 10.0. The van der Waals surface area contributed by atoms with E-state index in [9.17, 15) is 15.0 Å². The number of hydrogen-bond donors (Lipinski definition) is 3. The number of aliphatic hydroxyl groups excluding tert-OH is 1. The maximum Gasteiger partial charge on any atom is 0.450 e. The Labute approximate surface area is 206 Å². The molecule has 0 bridgehead atoms. The number of carboxylic acid groups (broad SMARTS) is 1. The second-order valence-corrected chi connectivity index (χ2v) is 9.09. The summed E-state index contributed by atoms with van der Waals surface area (Å²) in [7, 11) is 1.84. The van der Waals surface area contributed by atoms with Crippen molar-refractivity contribution in [3.8, 4) is 5.75 Å². The van der Waals surface area contributed by atoms with Gasteiger partial charge in [0.1, 0.15) is 11.6 Å². The van der Waals surface area contributed by atoms with Crippen LogP contribution in [0.5, 0.6) is 5.75 Å². The number of rotatable bonds is 5. The lowest BCUT2D eigenvalue weighted by Crippen LogP contribution is -2.36. The van der Waals surface area contributed by atoms with E-state index in [0.29, 0.717) is 45.6 Å². The predicted molar refractivity (Wildman–Crippen MR) is 132 cm³/mol. The second-order valence-electron chi connectivity index (χ2n) is 8.68. The third kappa shape index (κ3) is 4.09. The number of ether oxygens (including phenoxy) is 1. The molecular formula is C26H24ClFN3O4+. The topological polar surface area (TPSA) is 86.7 Å². The van der Waals surface area contributed by atoms with Gasteiger partial charge in [-0.3, -0.25) is 0 Å². The number of carbonyl (C=O) groups is 1. The quantitative estimate of drug-likeness (QED) is 0.469. The van der Waals surface area contributed by atoms with Gasteiger partial charge in [-0.1, -0.05) is 17.7 Å². The minimum atomic E-state index is -1.02. The van der Waals surface area contributed by atoms with Gasteiger partial charge in [0, 0.05) is 34.3 Å². The van der Waals surface area contributed by atoms with Gasteiger partial charge in [0.25, 0.3) is 0 Å². The summed E-state index contributed by atoms with van der Waals surface area (Å²) >= 11 is 6.63. The largest absolute Gasteiger partial charge is 0.478 e. The van der Waals surface area contributed by atoms with Crippen LogP contribution in [0, 0.1) is 12.7 Å². The van der Waals surface area contributed by atoms with Gasteiger partial charge in [-0.15, -0.1) is 0 Å². The molecule has 2 unspecified atom stereocenters. The van der Waals surface area contributed by atoms with Gasteiger partial charge in [0.15, 0.2) is 12.1 Å². The fourth-order valence-corrected chi connectivity index (χ4v) is 4.90. The standard InChI is InChI=1S/C26H23ClFN3O4/c1-14-3-4-16(10-17(14)25(33)34)35-26-29-22-11-18(20(27)12-24(22)30(26)2)19-9-15-5-6-31(7-8-32)23(15)13-21(19)28/h3-6,9-13,22,24,32H,7-8H2,1-2H3,(H,33,34)/p+1. The molecule has 180 valence electrons. The minimum absolute atomic E-state index is 0.0315. The highest BCUT2D eigenvalue weighted by Crippen LogP contribution is 2.36. The van der Waals surface area contributed by atoms with Crippen molar-refractivity contribution in [3.63, 3.8) is 0 Å². The van der Waals surface area contributed by atoms with Gasteiger partial charge in [-0.05, 0) is 55.0 Å². The van der Waals surface area contributed by atoms with Crippen molar-refractivity contribution in [1.29, 1.82) is 0 Å². The Kier molecular flexibility index (Phi) is 5.86. The number of aromatic carboxylic acids is 1. The number of aliphatic hydroxyl groups is 1. The van der Waals surface area contributed by atoms with Crippen LogP contribution in [-0.4, -0.2) is 57.1 Å². The SMILES string of the molecule is Cc1ccc(OC2=[N+](C)C3C=C(Cl)C(c4cc5ccn(CCO)c5cc4F)=CC3N2)cc1C(=O)O. The molecule has 1 aliphatic carbocycles.